The molecule has 1 aliphatic rings. The van der Waals surface area contributed by atoms with Gasteiger partial charge in [0, 0.05) is 29.7 Å². The molecule has 5 nitrogen and oxygen atoms in total. The van der Waals surface area contributed by atoms with Crippen LogP contribution in [0.3, 0.4) is 0 Å². The van der Waals surface area contributed by atoms with Crippen LogP contribution in [0.15, 0.2) is 35.4 Å². The molecule has 0 unspecified atom stereocenters. The number of carbonyl (C=O) groups excluding carboxylic acids is 2. The Labute approximate surface area is 155 Å². The molecule has 0 saturated carbocycles. The summed E-state index contributed by atoms with van der Waals surface area (Å²) in [7, 11) is 1.67. The first-order valence-corrected chi connectivity index (χ1v) is 9.08. The van der Waals surface area contributed by atoms with Crippen molar-refractivity contribution in [3.63, 3.8) is 0 Å². The minimum atomic E-state index is -0.290. The Balaban J connectivity index is 1.99. The quantitative estimate of drug-likeness (QED) is 0.466. The second-order valence-corrected chi connectivity index (χ2v) is 7.68. The number of esters is 1. The van der Waals surface area contributed by atoms with E-state index in [4.69, 9.17) is 17.0 Å². The fraction of sp³-hybridized carbons (Fsp3) is 0.278. The highest BCUT2D eigenvalue weighted by Gasteiger charge is 2.29. The Morgan fingerprint density at radius 1 is 1.36 bits per heavy atom. The van der Waals surface area contributed by atoms with Gasteiger partial charge >= 0.3 is 5.97 Å². The highest BCUT2D eigenvalue weighted by molar-refractivity contribution is 8.26. The van der Waals surface area contributed by atoms with Gasteiger partial charge in [0.15, 0.2) is 0 Å². The largest absolute Gasteiger partial charge is 0.462 e. The molecule has 1 saturated heterocycles. The van der Waals surface area contributed by atoms with Crippen molar-refractivity contribution in [3.8, 4) is 0 Å². The molecule has 1 aliphatic heterocycles. The van der Waals surface area contributed by atoms with Crippen molar-refractivity contribution in [2.45, 2.75) is 26.5 Å². The third kappa shape index (κ3) is 3.62. The first-order valence-electron chi connectivity index (χ1n) is 7.85. The molecule has 1 aromatic heterocycles. The standard InChI is InChI=1S/C18H18N2O3S2/c1-11(2)23-16(21)10-20-9-12(13-6-4-5-7-14(13)20)8-15-17(22)19(3)18(24)25-15/h4-9,11H,10H2,1-3H3. The first-order chi connectivity index (χ1) is 11.9. The highest BCUT2D eigenvalue weighted by Crippen LogP contribution is 2.33. The number of hydrogen-bond donors (Lipinski definition) is 0. The number of amides is 1. The maximum Gasteiger partial charge on any atom is 0.326 e. The molecule has 0 atom stereocenters. The summed E-state index contributed by atoms with van der Waals surface area (Å²) in [6, 6.07) is 7.77. The third-order valence-corrected chi connectivity index (χ3v) is 5.24. The van der Waals surface area contributed by atoms with Crippen LogP contribution >= 0.6 is 24.0 Å². The predicted molar refractivity (Wildman–Crippen MR) is 104 cm³/mol. The number of hydrogen-bond acceptors (Lipinski definition) is 5. The third-order valence-electron chi connectivity index (χ3n) is 3.76. The molecule has 1 fully saturated rings. The van der Waals surface area contributed by atoms with Crippen molar-refractivity contribution >= 4 is 57.2 Å². The summed E-state index contributed by atoms with van der Waals surface area (Å²) >= 11 is 6.46. The Hall–Kier alpha value is -2.12. The molecule has 25 heavy (non-hydrogen) atoms. The van der Waals surface area contributed by atoms with Crippen LogP contribution in [0.4, 0.5) is 0 Å². The Morgan fingerprint density at radius 3 is 2.72 bits per heavy atom. The minimum absolute atomic E-state index is 0.106. The van der Waals surface area contributed by atoms with Crippen LogP contribution in [0.5, 0.6) is 0 Å². The van der Waals surface area contributed by atoms with Crippen LogP contribution < -0.4 is 0 Å². The molecule has 2 heterocycles. The van der Waals surface area contributed by atoms with E-state index < -0.39 is 0 Å². The fourth-order valence-electron chi connectivity index (χ4n) is 2.65. The zero-order chi connectivity index (χ0) is 18.1. The molecule has 1 amide bonds. The summed E-state index contributed by atoms with van der Waals surface area (Å²) in [5, 5.41) is 0.973. The van der Waals surface area contributed by atoms with Crippen molar-refractivity contribution in [1.82, 2.24) is 9.47 Å². The van der Waals surface area contributed by atoms with Crippen LogP contribution in [-0.2, 0) is 20.9 Å². The molecular formula is C18H18N2O3S2. The van der Waals surface area contributed by atoms with Crippen LogP contribution in [0, 0.1) is 0 Å². The Kier molecular flexibility index (Phi) is 4.96. The maximum absolute atomic E-state index is 12.2. The number of benzene rings is 1. The Bertz CT molecular complexity index is 899. The van der Waals surface area contributed by atoms with Crippen LogP contribution in [0.1, 0.15) is 19.4 Å². The normalized spacial score (nSPS) is 16.5. The van der Waals surface area contributed by atoms with E-state index in [2.05, 4.69) is 0 Å². The predicted octanol–water partition coefficient (Wildman–Crippen LogP) is 3.42. The number of thiocarbonyl (C=S) groups is 1. The van der Waals surface area contributed by atoms with E-state index >= 15 is 0 Å². The number of nitrogens with zero attached hydrogens (tertiary/aromatic N) is 2. The van der Waals surface area contributed by atoms with Crippen molar-refractivity contribution in [2.75, 3.05) is 7.05 Å². The number of carbonyl (C=O) groups is 2. The lowest BCUT2D eigenvalue weighted by molar-refractivity contribution is -0.148. The number of likely N-dealkylation sites (N-methyl/N-ethyl adjacent to an activating group) is 1. The van der Waals surface area contributed by atoms with Gasteiger partial charge in [0.2, 0.25) is 0 Å². The maximum atomic E-state index is 12.2. The van der Waals surface area contributed by atoms with E-state index in [0.717, 1.165) is 16.5 Å². The number of fused-ring (bicyclic) bond motifs is 1. The van der Waals surface area contributed by atoms with Crippen molar-refractivity contribution in [3.05, 3.63) is 40.9 Å². The minimum Gasteiger partial charge on any atom is -0.462 e. The molecule has 2 aromatic rings. The number of ether oxygens (including phenoxy) is 1. The summed E-state index contributed by atoms with van der Waals surface area (Å²) in [4.78, 5) is 26.3. The van der Waals surface area contributed by atoms with Gasteiger partial charge in [0.05, 0.1) is 11.0 Å². The fourth-order valence-corrected chi connectivity index (χ4v) is 3.82. The van der Waals surface area contributed by atoms with Gasteiger partial charge in [-0.05, 0) is 26.0 Å². The van der Waals surface area contributed by atoms with Crippen molar-refractivity contribution < 1.29 is 14.3 Å². The SMILES string of the molecule is CC(C)OC(=O)Cn1cc(C=C2SC(=S)N(C)C2=O)c2ccccc21. The van der Waals surface area contributed by atoms with Crippen molar-refractivity contribution in [1.29, 1.82) is 0 Å². The van der Waals surface area contributed by atoms with Gasteiger partial charge in [-0.15, -0.1) is 0 Å². The summed E-state index contributed by atoms with van der Waals surface area (Å²) in [6.45, 7) is 3.77. The molecule has 0 radical (unpaired) electrons. The van der Waals surface area contributed by atoms with Crippen LogP contribution in [0.25, 0.3) is 17.0 Å². The number of thioether (sulfide) groups is 1. The van der Waals surface area contributed by atoms with Gasteiger partial charge in [0.25, 0.3) is 5.91 Å². The topological polar surface area (TPSA) is 51.5 Å². The lowest BCUT2D eigenvalue weighted by Crippen LogP contribution is -2.22. The Morgan fingerprint density at radius 2 is 2.08 bits per heavy atom. The molecule has 7 heteroatoms. The van der Waals surface area contributed by atoms with Crippen LogP contribution in [0.2, 0.25) is 0 Å². The van der Waals surface area contributed by atoms with Gasteiger partial charge in [-0.3, -0.25) is 14.5 Å². The molecule has 130 valence electrons. The van der Waals surface area contributed by atoms with E-state index in [0.29, 0.717) is 9.23 Å². The monoisotopic (exact) mass is 374 g/mol. The zero-order valence-corrected chi connectivity index (χ0v) is 15.8. The molecular weight excluding hydrogens is 356 g/mol. The molecule has 0 N–H and O–H groups in total. The summed E-state index contributed by atoms with van der Waals surface area (Å²) in [6.07, 6.45) is 3.55. The number of para-hydroxylation sites is 1. The van der Waals surface area contributed by atoms with Gasteiger partial charge in [-0.25, -0.2) is 0 Å². The van der Waals surface area contributed by atoms with Gasteiger partial charge in [-0.2, -0.15) is 0 Å². The number of rotatable bonds is 4. The zero-order valence-electron chi connectivity index (χ0n) is 14.2. The molecule has 0 spiro atoms. The second-order valence-electron chi connectivity index (χ2n) is 6.01. The molecule has 1 aromatic carbocycles. The average Bonchev–Trinajstić information content (AvgIpc) is 3.00. The summed E-state index contributed by atoms with van der Waals surface area (Å²) in [5.74, 6) is -0.395. The second kappa shape index (κ2) is 7.01. The molecule has 3 rings (SSSR count). The molecule has 0 aliphatic carbocycles. The lowest BCUT2D eigenvalue weighted by atomic mass is 10.1. The van der Waals surface area contributed by atoms with E-state index in [1.165, 1.54) is 16.7 Å². The van der Waals surface area contributed by atoms with Crippen LogP contribution in [-0.4, -0.2) is 38.8 Å². The average molecular weight is 374 g/mol. The van der Waals surface area contributed by atoms with E-state index in [1.807, 2.05) is 55.0 Å². The number of aromatic nitrogens is 1. The van der Waals surface area contributed by atoms with E-state index in [1.54, 1.807) is 7.05 Å². The van der Waals surface area contributed by atoms with Gasteiger partial charge in [-0.1, -0.05) is 42.2 Å². The summed E-state index contributed by atoms with van der Waals surface area (Å²) in [5.41, 5.74) is 1.79. The summed E-state index contributed by atoms with van der Waals surface area (Å²) < 4.78 is 7.62. The lowest BCUT2D eigenvalue weighted by Gasteiger charge is -2.09. The van der Waals surface area contributed by atoms with Gasteiger partial charge in [0.1, 0.15) is 10.9 Å². The smallest absolute Gasteiger partial charge is 0.326 e. The van der Waals surface area contributed by atoms with E-state index in [-0.39, 0.29) is 24.5 Å². The van der Waals surface area contributed by atoms with Gasteiger partial charge < -0.3 is 9.30 Å². The molecule has 0 bridgehead atoms. The van der Waals surface area contributed by atoms with Crippen molar-refractivity contribution in [2.24, 2.45) is 0 Å². The first kappa shape index (κ1) is 17.7. The highest BCUT2D eigenvalue weighted by atomic mass is 32.2. The van der Waals surface area contributed by atoms with E-state index in [9.17, 15) is 9.59 Å².